The maximum atomic E-state index is 13.0. The van der Waals surface area contributed by atoms with Crippen molar-refractivity contribution in [3.8, 4) is 5.69 Å². The molecule has 1 saturated heterocycles. The summed E-state index contributed by atoms with van der Waals surface area (Å²) < 4.78 is 29.0. The highest BCUT2D eigenvalue weighted by Gasteiger charge is 2.32. The molecular weight excluding hydrogens is 459 g/mol. The molecule has 0 aliphatic carbocycles. The van der Waals surface area contributed by atoms with Gasteiger partial charge in [0.05, 0.1) is 22.2 Å². The number of amides is 1. The van der Waals surface area contributed by atoms with E-state index in [0.29, 0.717) is 13.1 Å². The van der Waals surface area contributed by atoms with Gasteiger partial charge >= 0.3 is 0 Å². The van der Waals surface area contributed by atoms with E-state index in [2.05, 4.69) is 5.10 Å². The molecule has 31 heavy (non-hydrogen) atoms. The molecule has 1 aliphatic rings. The fourth-order valence-corrected chi connectivity index (χ4v) is 6.02. The summed E-state index contributed by atoms with van der Waals surface area (Å²) in [6.45, 7) is 0.999. The van der Waals surface area contributed by atoms with Gasteiger partial charge in [-0.3, -0.25) is 4.79 Å². The lowest BCUT2D eigenvalue weighted by molar-refractivity contribution is -0.131. The van der Waals surface area contributed by atoms with Crippen LogP contribution >= 0.6 is 23.2 Å². The van der Waals surface area contributed by atoms with Crippen LogP contribution in [0.4, 0.5) is 0 Å². The first kappa shape index (κ1) is 21.8. The molecule has 7 nitrogen and oxygen atoms in total. The van der Waals surface area contributed by atoms with Crippen LogP contribution in [0, 0.1) is 0 Å². The van der Waals surface area contributed by atoms with E-state index < -0.39 is 10.0 Å². The van der Waals surface area contributed by atoms with E-state index in [0.717, 1.165) is 11.3 Å². The number of benzene rings is 2. The second kappa shape index (κ2) is 9.00. The summed E-state index contributed by atoms with van der Waals surface area (Å²) >= 11 is 12.2. The summed E-state index contributed by atoms with van der Waals surface area (Å²) in [5, 5.41) is 4.36. The highest BCUT2D eigenvalue weighted by molar-refractivity contribution is 7.89. The van der Waals surface area contributed by atoms with Gasteiger partial charge in [-0.15, -0.1) is 0 Å². The maximum Gasteiger partial charge on any atom is 0.246 e. The summed E-state index contributed by atoms with van der Waals surface area (Å²) in [6, 6.07) is 14.1. The van der Waals surface area contributed by atoms with Crippen LogP contribution in [-0.2, 0) is 21.2 Å². The van der Waals surface area contributed by atoms with Crippen LogP contribution in [0.5, 0.6) is 0 Å². The van der Waals surface area contributed by atoms with Gasteiger partial charge in [0.25, 0.3) is 0 Å². The van der Waals surface area contributed by atoms with Crippen molar-refractivity contribution in [2.24, 2.45) is 0 Å². The molecule has 0 atom stereocenters. The molecule has 2 heterocycles. The Morgan fingerprint density at radius 2 is 1.58 bits per heavy atom. The molecule has 2 aromatic carbocycles. The van der Waals surface area contributed by atoms with Crippen LogP contribution < -0.4 is 0 Å². The molecule has 0 radical (unpaired) electrons. The van der Waals surface area contributed by atoms with Gasteiger partial charge in [0, 0.05) is 38.6 Å². The van der Waals surface area contributed by atoms with Gasteiger partial charge in [0.2, 0.25) is 15.9 Å². The summed E-state index contributed by atoms with van der Waals surface area (Å²) in [6.07, 6.45) is 3.81. The Hall–Kier alpha value is -2.39. The fourth-order valence-electron chi connectivity index (χ4n) is 3.51. The summed E-state index contributed by atoms with van der Waals surface area (Å²) in [7, 11) is -3.83. The van der Waals surface area contributed by atoms with Crippen LogP contribution in [0.1, 0.15) is 5.56 Å². The van der Waals surface area contributed by atoms with Gasteiger partial charge in [0.1, 0.15) is 4.90 Å². The average Bonchev–Trinajstić information content (AvgIpc) is 3.29. The first-order valence-corrected chi connectivity index (χ1v) is 11.9. The number of carbonyl (C=O) groups is 1. The van der Waals surface area contributed by atoms with Gasteiger partial charge in [-0.2, -0.15) is 9.40 Å². The van der Waals surface area contributed by atoms with Gasteiger partial charge in [-0.25, -0.2) is 13.1 Å². The van der Waals surface area contributed by atoms with E-state index in [1.54, 1.807) is 21.8 Å². The lowest BCUT2D eigenvalue weighted by Crippen LogP contribution is -2.50. The predicted octanol–water partition coefficient (Wildman–Crippen LogP) is 3.25. The maximum absolute atomic E-state index is 13.0. The zero-order chi connectivity index (χ0) is 22.0. The van der Waals surface area contributed by atoms with Crippen LogP contribution in [0.25, 0.3) is 5.69 Å². The molecule has 3 aromatic rings. The number of hydrogen-bond donors (Lipinski definition) is 0. The Kier molecular flexibility index (Phi) is 6.34. The van der Waals surface area contributed by atoms with Crippen LogP contribution in [-0.4, -0.2) is 59.5 Å². The van der Waals surface area contributed by atoms with Crippen molar-refractivity contribution in [1.82, 2.24) is 19.0 Å². The third kappa shape index (κ3) is 4.62. The van der Waals surface area contributed by atoms with Crippen molar-refractivity contribution < 1.29 is 13.2 Å². The monoisotopic (exact) mass is 478 g/mol. The van der Waals surface area contributed by atoms with E-state index in [1.807, 2.05) is 36.5 Å². The Morgan fingerprint density at radius 1 is 0.935 bits per heavy atom. The lowest BCUT2D eigenvalue weighted by Gasteiger charge is -2.34. The number of piperazine rings is 1. The van der Waals surface area contributed by atoms with Crippen molar-refractivity contribution in [3.05, 3.63) is 76.5 Å². The van der Waals surface area contributed by atoms with Gasteiger partial charge in [-0.05, 0) is 35.9 Å². The molecule has 1 aliphatic heterocycles. The minimum atomic E-state index is -3.83. The molecule has 1 amide bonds. The van der Waals surface area contributed by atoms with Crippen molar-refractivity contribution in [1.29, 1.82) is 0 Å². The van der Waals surface area contributed by atoms with Gasteiger partial charge < -0.3 is 4.90 Å². The van der Waals surface area contributed by atoms with E-state index in [4.69, 9.17) is 23.2 Å². The zero-order valence-electron chi connectivity index (χ0n) is 16.5. The molecule has 0 bridgehead atoms. The Labute approximate surface area is 190 Å². The largest absolute Gasteiger partial charge is 0.340 e. The van der Waals surface area contributed by atoms with E-state index >= 15 is 0 Å². The average molecular weight is 479 g/mol. The van der Waals surface area contributed by atoms with E-state index in [-0.39, 0.29) is 40.4 Å². The first-order chi connectivity index (χ1) is 14.9. The Morgan fingerprint density at radius 3 is 2.16 bits per heavy atom. The zero-order valence-corrected chi connectivity index (χ0v) is 18.8. The standard InChI is InChI=1S/C21H20Cl2N4O3S/c22-18-3-1-4-19(23)21(18)31(29,30)26-13-11-25(12-14-26)20(28)15-16-5-7-17(8-6-16)27-10-2-9-24-27/h1-10H,11-15H2. The van der Waals surface area contributed by atoms with Gasteiger partial charge in [0.15, 0.2) is 0 Å². The SMILES string of the molecule is O=C(Cc1ccc(-n2cccn2)cc1)N1CCN(S(=O)(=O)c2c(Cl)cccc2Cl)CC1. The quantitative estimate of drug-likeness (QED) is 0.563. The molecule has 10 heteroatoms. The lowest BCUT2D eigenvalue weighted by atomic mass is 10.1. The number of rotatable bonds is 5. The fraction of sp³-hybridized carbons (Fsp3) is 0.238. The molecule has 0 spiro atoms. The van der Waals surface area contributed by atoms with Crippen molar-refractivity contribution in [2.45, 2.75) is 11.3 Å². The third-order valence-electron chi connectivity index (χ3n) is 5.17. The summed E-state index contributed by atoms with van der Waals surface area (Å²) in [5.41, 5.74) is 1.80. The highest BCUT2D eigenvalue weighted by atomic mass is 35.5. The normalized spacial score (nSPS) is 15.2. The van der Waals surface area contributed by atoms with Crippen LogP contribution in [0.15, 0.2) is 65.8 Å². The number of aromatic nitrogens is 2. The predicted molar refractivity (Wildman–Crippen MR) is 119 cm³/mol. The Bertz CT molecular complexity index is 1150. The molecule has 0 unspecified atom stereocenters. The second-order valence-electron chi connectivity index (χ2n) is 7.13. The molecule has 0 saturated carbocycles. The Balaban J connectivity index is 1.38. The van der Waals surface area contributed by atoms with Crippen LogP contribution in [0.3, 0.4) is 0 Å². The van der Waals surface area contributed by atoms with E-state index in [1.165, 1.54) is 16.4 Å². The smallest absolute Gasteiger partial charge is 0.246 e. The van der Waals surface area contributed by atoms with Crippen molar-refractivity contribution in [2.75, 3.05) is 26.2 Å². The van der Waals surface area contributed by atoms with Crippen molar-refractivity contribution >= 4 is 39.1 Å². The molecule has 1 aromatic heterocycles. The van der Waals surface area contributed by atoms with Crippen molar-refractivity contribution in [3.63, 3.8) is 0 Å². The van der Waals surface area contributed by atoms with E-state index in [9.17, 15) is 13.2 Å². The summed E-state index contributed by atoms with van der Waals surface area (Å²) in [4.78, 5) is 14.3. The molecule has 162 valence electrons. The molecular formula is C21H20Cl2N4O3S. The first-order valence-electron chi connectivity index (χ1n) is 9.67. The minimum absolute atomic E-state index is 0.0420. The third-order valence-corrected chi connectivity index (χ3v) is 8.02. The minimum Gasteiger partial charge on any atom is -0.340 e. The molecule has 0 N–H and O–H groups in total. The second-order valence-corrected chi connectivity index (χ2v) is 9.82. The highest BCUT2D eigenvalue weighted by Crippen LogP contribution is 2.31. The molecule has 4 rings (SSSR count). The molecule has 1 fully saturated rings. The summed E-state index contributed by atoms with van der Waals surface area (Å²) in [5.74, 6) is -0.0420. The van der Waals surface area contributed by atoms with Gasteiger partial charge in [-0.1, -0.05) is 41.4 Å². The number of nitrogens with zero attached hydrogens (tertiary/aromatic N) is 4. The number of carbonyl (C=O) groups excluding carboxylic acids is 1. The number of hydrogen-bond acceptors (Lipinski definition) is 4. The topological polar surface area (TPSA) is 75.5 Å². The number of sulfonamides is 1. The number of halogens is 2. The van der Waals surface area contributed by atoms with Crippen LogP contribution in [0.2, 0.25) is 10.0 Å².